The van der Waals surface area contributed by atoms with E-state index in [1.165, 1.54) is 6.42 Å². The quantitative estimate of drug-likeness (QED) is 0.826. The molecule has 0 radical (unpaired) electrons. The number of imidazole rings is 1. The first kappa shape index (κ1) is 15.0. The fraction of sp³-hybridized carbons (Fsp3) is 0.733. The SMILES string of the molecule is CC1CC(OC(=O)[C@H](N)Cc2cnc[nH]2)CC(C)(C)C1. The molecule has 1 aliphatic carbocycles. The second-order valence-electron chi connectivity index (χ2n) is 6.86. The fourth-order valence-corrected chi connectivity index (χ4v) is 3.32. The van der Waals surface area contributed by atoms with Gasteiger partial charge in [0.05, 0.1) is 6.33 Å². The second-order valence-corrected chi connectivity index (χ2v) is 6.86. The van der Waals surface area contributed by atoms with Crippen LogP contribution in [0, 0.1) is 11.3 Å². The molecule has 5 heteroatoms. The van der Waals surface area contributed by atoms with Gasteiger partial charge in [-0.25, -0.2) is 4.98 Å². The van der Waals surface area contributed by atoms with Crippen LogP contribution in [-0.4, -0.2) is 28.1 Å². The van der Waals surface area contributed by atoms with E-state index in [2.05, 4.69) is 30.7 Å². The van der Waals surface area contributed by atoms with Crippen molar-refractivity contribution in [3.63, 3.8) is 0 Å². The molecule has 2 rings (SSSR count). The molecule has 1 aliphatic rings. The van der Waals surface area contributed by atoms with Gasteiger partial charge in [0, 0.05) is 18.3 Å². The van der Waals surface area contributed by atoms with Gasteiger partial charge in [0.15, 0.2) is 0 Å². The van der Waals surface area contributed by atoms with Crippen LogP contribution >= 0.6 is 0 Å². The smallest absolute Gasteiger partial charge is 0.323 e. The van der Waals surface area contributed by atoms with Crippen LogP contribution in [0.1, 0.15) is 45.7 Å². The van der Waals surface area contributed by atoms with Gasteiger partial charge in [-0.05, 0) is 30.6 Å². The zero-order valence-electron chi connectivity index (χ0n) is 12.6. The Morgan fingerprint density at radius 1 is 1.60 bits per heavy atom. The Kier molecular flexibility index (Phi) is 4.48. The van der Waals surface area contributed by atoms with Crippen molar-refractivity contribution in [3.8, 4) is 0 Å². The molecule has 112 valence electrons. The number of carbonyl (C=O) groups is 1. The molecule has 0 aliphatic heterocycles. The normalized spacial score (nSPS) is 27.0. The third kappa shape index (κ3) is 4.07. The van der Waals surface area contributed by atoms with Crippen molar-refractivity contribution < 1.29 is 9.53 Å². The number of aromatic amines is 1. The molecule has 0 spiro atoms. The predicted molar refractivity (Wildman–Crippen MR) is 76.9 cm³/mol. The minimum atomic E-state index is -0.629. The van der Waals surface area contributed by atoms with E-state index in [9.17, 15) is 4.79 Å². The van der Waals surface area contributed by atoms with Gasteiger partial charge in [-0.2, -0.15) is 0 Å². The van der Waals surface area contributed by atoms with Gasteiger partial charge in [0.25, 0.3) is 0 Å². The summed E-state index contributed by atoms with van der Waals surface area (Å²) in [5.74, 6) is 0.273. The van der Waals surface area contributed by atoms with Crippen LogP contribution in [0.3, 0.4) is 0 Å². The van der Waals surface area contributed by atoms with E-state index in [1.807, 2.05) is 0 Å². The van der Waals surface area contributed by atoms with E-state index >= 15 is 0 Å². The van der Waals surface area contributed by atoms with Gasteiger partial charge in [-0.1, -0.05) is 20.8 Å². The summed E-state index contributed by atoms with van der Waals surface area (Å²) in [7, 11) is 0. The maximum atomic E-state index is 12.1. The Hall–Kier alpha value is -1.36. The van der Waals surface area contributed by atoms with E-state index in [1.54, 1.807) is 12.5 Å². The highest BCUT2D eigenvalue weighted by atomic mass is 16.5. The van der Waals surface area contributed by atoms with Crippen molar-refractivity contribution in [1.82, 2.24) is 9.97 Å². The lowest BCUT2D eigenvalue weighted by molar-refractivity contribution is -0.155. The summed E-state index contributed by atoms with van der Waals surface area (Å²) in [6.45, 7) is 6.67. The molecule has 1 heterocycles. The molecular formula is C15H25N3O2. The van der Waals surface area contributed by atoms with Crippen LogP contribution in [-0.2, 0) is 16.0 Å². The lowest BCUT2D eigenvalue weighted by Crippen LogP contribution is -2.40. The summed E-state index contributed by atoms with van der Waals surface area (Å²) in [4.78, 5) is 18.9. The van der Waals surface area contributed by atoms with Gasteiger partial charge in [-0.3, -0.25) is 4.79 Å². The lowest BCUT2D eigenvalue weighted by atomic mass is 9.71. The minimum absolute atomic E-state index is 0.00549. The van der Waals surface area contributed by atoms with Crippen molar-refractivity contribution in [3.05, 3.63) is 18.2 Å². The van der Waals surface area contributed by atoms with Crippen molar-refractivity contribution in [2.75, 3.05) is 0 Å². The van der Waals surface area contributed by atoms with E-state index in [-0.39, 0.29) is 17.5 Å². The number of nitrogens with zero attached hydrogens (tertiary/aromatic N) is 1. The second kappa shape index (κ2) is 5.95. The number of hydrogen-bond donors (Lipinski definition) is 2. The first-order valence-electron chi connectivity index (χ1n) is 7.29. The highest BCUT2D eigenvalue weighted by Crippen LogP contribution is 2.39. The standard InChI is InChI=1S/C15H25N3O2/c1-10-4-12(7-15(2,3)6-10)20-14(19)13(16)5-11-8-17-9-18-11/h8-10,12-13H,4-7,16H2,1-3H3,(H,17,18)/t10?,12?,13-/m1/s1. The summed E-state index contributed by atoms with van der Waals surface area (Å²) in [6.07, 6.45) is 6.73. The van der Waals surface area contributed by atoms with Crippen LogP contribution in [0.5, 0.6) is 0 Å². The Morgan fingerprint density at radius 2 is 2.35 bits per heavy atom. The zero-order chi connectivity index (χ0) is 14.8. The van der Waals surface area contributed by atoms with Gasteiger partial charge < -0.3 is 15.5 Å². The molecule has 5 nitrogen and oxygen atoms in total. The third-order valence-electron chi connectivity index (χ3n) is 3.93. The minimum Gasteiger partial charge on any atom is -0.461 e. The maximum Gasteiger partial charge on any atom is 0.323 e. The van der Waals surface area contributed by atoms with Crippen LogP contribution < -0.4 is 5.73 Å². The first-order chi connectivity index (χ1) is 9.35. The lowest BCUT2D eigenvalue weighted by Gasteiger charge is -2.38. The van der Waals surface area contributed by atoms with Crippen LogP contribution in [0.2, 0.25) is 0 Å². The average molecular weight is 279 g/mol. The molecule has 1 aromatic rings. The van der Waals surface area contributed by atoms with Crippen LogP contribution in [0.4, 0.5) is 0 Å². The number of carbonyl (C=O) groups excluding carboxylic acids is 1. The summed E-state index contributed by atoms with van der Waals surface area (Å²) < 4.78 is 5.61. The Balaban J connectivity index is 1.87. The molecular weight excluding hydrogens is 254 g/mol. The van der Waals surface area contributed by atoms with E-state index < -0.39 is 6.04 Å². The number of aromatic nitrogens is 2. The molecule has 1 fully saturated rings. The summed E-state index contributed by atoms with van der Waals surface area (Å²) in [5, 5.41) is 0. The van der Waals surface area contributed by atoms with Gasteiger partial charge in [-0.15, -0.1) is 0 Å². The van der Waals surface area contributed by atoms with Crippen molar-refractivity contribution in [1.29, 1.82) is 0 Å². The molecule has 0 aromatic carbocycles. The number of rotatable bonds is 4. The van der Waals surface area contributed by atoms with E-state index in [0.717, 1.165) is 18.5 Å². The molecule has 2 unspecified atom stereocenters. The van der Waals surface area contributed by atoms with Crippen molar-refractivity contribution in [2.45, 2.75) is 58.6 Å². The maximum absolute atomic E-state index is 12.1. The topological polar surface area (TPSA) is 81.0 Å². The van der Waals surface area contributed by atoms with Crippen LogP contribution in [0.15, 0.2) is 12.5 Å². The molecule has 0 saturated heterocycles. The largest absolute Gasteiger partial charge is 0.461 e. The molecule has 3 N–H and O–H groups in total. The first-order valence-corrected chi connectivity index (χ1v) is 7.29. The number of nitrogens with two attached hydrogens (primary N) is 1. The Labute approximate surface area is 120 Å². The molecule has 0 amide bonds. The Bertz CT molecular complexity index is 442. The number of hydrogen-bond acceptors (Lipinski definition) is 4. The third-order valence-corrected chi connectivity index (χ3v) is 3.93. The summed E-state index contributed by atoms with van der Waals surface area (Å²) in [6, 6.07) is -0.629. The van der Waals surface area contributed by atoms with E-state index in [0.29, 0.717) is 12.3 Å². The van der Waals surface area contributed by atoms with Crippen LogP contribution in [0.25, 0.3) is 0 Å². The molecule has 20 heavy (non-hydrogen) atoms. The summed E-state index contributed by atoms with van der Waals surface area (Å²) >= 11 is 0. The number of nitrogens with one attached hydrogen (secondary N) is 1. The average Bonchev–Trinajstić information content (AvgIpc) is 2.78. The molecule has 3 atom stereocenters. The van der Waals surface area contributed by atoms with Gasteiger partial charge >= 0.3 is 5.97 Å². The number of esters is 1. The fourth-order valence-electron chi connectivity index (χ4n) is 3.32. The number of ether oxygens (including phenoxy) is 1. The zero-order valence-corrected chi connectivity index (χ0v) is 12.6. The van der Waals surface area contributed by atoms with Gasteiger partial charge in [0.1, 0.15) is 12.1 Å². The highest BCUT2D eigenvalue weighted by Gasteiger charge is 2.34. The van der Waals surface area contributed by atoms with Gasteiger partial charge in [0.2, 0.25) is 0 Å². The Morgan fingerprint density at radius 3 is 2.95 bits per heavy atom. The molecule has 1 aromatic heterocycles. The summed E-state index contributed by atoms with van der Waals surface area (Å²) in [5.41, 5.74) is 6.99. The van der Waals surface area contributed by atoms with Crippen molar-refractivity contribution >= 4 is 5.97 Å². The highest BCUT2D eigenvalue weighted by molar-refractivity contribution is 5.76. The van der Waals surface area contributed by atoms with Crippen molar-refractivity contribution in [2.24, 2.45) is 17.1 Å². The molecule has 1 saturated carbocycles. The number of H-pyrrole nitrogens is 1. The monoisotopic (exact) mass is 279 g/mol. The van der Waals surface area contributed by atoms with E-state index in [4.69, 9.17) is 10.5 Å². The predicted octanol–water partition coefficient (Wildman–Crippen LogP) is 2.04. The molecule has 0 bridgehead atoms.